The van der Waals surface area contributed by atoms with Gasteiger partial charge in [0.1, 0.15) is 21.1 Å². The summed E-state index contributed by atoms with van der Waals surface area (Å²) in [5.74, 6) is -0.940. The second-order valence-corrected chi connectivity index (χ2v) is 6.75. The number of carbonyl (C=O) groups is 1. The van der Waals surface area contributed by atoms with Crippen LogP contribution in [0.5, 0.6) is 0 Å². The van der Waals surface area contributed by atoms with Gasteiger partial charge in [-0.1, -0.05) is 11.3 Å². The molecule has 0 aliphatic rings. The molecule has 0 unspecified atom stereocenters. The molecule has 0 aromatic carbocycles. The minimum absolute atomic E-state index is 0.276. The van der Waals surface area contributed by atoms with Crippen molar-refractivity contribution in [3.05, 3.63) is 28.3 Å². The van der Waals surface area contributed by atoms with E-state index < -0.39 is 5.97 Å². The number of aryl methyl sites for hydroxylation is 1. The standard InChI is InChI=1S/C11H7N3O2S3/c1-5-7(10(15)16)18-11(14-5)19-9-6-2-3-17-8(6)12-4-13-9/h2-4H,1H3,(H,15,16). The molecule has 0 amide bonds. The SMILES string of the molecule is Cc1nc(Sc2ncnc3sccc23)sc1C(=O)O. The monoisotopic (exact) mass is 309 g/mol. The van der Waals surface area contributed by atoms with Crippen LogP contribution in [-0.4, -0.2) is 26.0 Å². The van der Waals surface area contributed by atoms with Crippen molar-refractivity contribution in [2.45, 2.75) is 16.3 Å². The second-order valence-electron chi connectivity index (χ2n) is 3.62. The van der Waals surface area contributed by atoms with Gasteiger partial charge in [0.25, 0.3) is 0 Å². The molecular formula is C11H7N3O2S3. The van der Waals surface area contributed by atoms with Gasteiger partial charge in [0.2, 0.25) is 0 Å². The molecule has 0 atom stereocenters. The average molecular weight is 309 g/mol. The molecule has 0 aliphatic heterocycles. The normalized spacial score (nSPS) is 11.0. The van der Waals surface area contributed by atoms with Crippen molar-refractivity contribution in [2.75, 3.05) is 0 Å². The minimum atomic E-state index is -0.940. The molecule has 8 heteroatoms. The number of thiophene rings is 1. The van der Waals surface area contributed by atoms with E-state index in [-0.39, 0.29) is 4.88 Å². The number of hydrogen-bond donors (Lipinski definition) is 1. The molecule has 0 aliphatic carbocycles. The quantitative estimate of drug-likeness (QED) is 0.748. The molecule has 3 aromatic heterocycles. The van der Waals surface area contributed by atoms with Crippen LogP contribution >= 0.6 is 34.4 Å². The first-order valence-corrected chi connectivity index (χ1v) is 7.73. The number of carboxylic acids is 1. The van der Waals surface area contributed by atoms with Crippen LogP contribution in [0, 0.1) is 6.92 Å². The van der Waals surface area contributed by atoms with E-state index in [1.165, 1.54) is 29.4 Å². The summed E-state index contributed by atoms with van der Waals surface area (Å²) < 4.78 is 0.682. The smallest absolute Gasteiger partial charge is 0.347 e. The summed E-state index contributed by atoms with van der Waals surface area (Å²) in [6, 6.07) is 1.96. The third-order valence-electron chi connectivity index (χ3n) is 2.38. The first-order valence-electron chi connectivity index (χ1n) is 5.22. The molecule has 5 nitrogen and oxygen atoms in total. The number of rotatable bonds is 3. The molecule has 3 heterocycles. The lowest BCUT2D eigenvalue weighted by Gasteiger charge is -1.97. The van der Waals surface area contributed by atoms with Gasteiger partial charge in [-0.15, -0.1) is 11.3 Å². The van der Waals surface area contributed by atoms with Crippen LogP contribution in [0.1, 0.15) is 15.4 Å². The maximum Gasteiger partial charge on any atom is 0.347 e. The van der Waals surface area contributed by atoms with Crippen molar-refractivity contribution >= 4 is 50.6 Å². The van der Waals surface area contributed by atoms with Crippen LogP contribution in [-0.2, 0) is 0 Å². The number of carboxylic acid groups (broad SMARTS) is 1. The van der Waals surface area contributed by atoms with Crippen LogP contribution in [0.25, 0.3) is 10.2 Å². The van der Waals surface area contributed by atoms with Crippen LogP contribution in [0.3, 0.4) is 0 Å². The molecule has 0 saturated carbocycles. The van der Waals surface area contributed by atoms with Gasteiger partial charge in [0.05, 0.1) is 5.69 Å². The van der Waals surface area contributed by atoms with E-state index in [2.05, 4.69) is 15.0 Å². The maximum absolute atomic E-state index is 11.0. The third kappa shape index (κ3) is 2.34. The lowest BCUT2D eigenvalue weighted by atomic mass is 10.4. The Labute approximate surface area is 120 Å². The summed E-state index contributed by atoms with van der Waals surface area (Å²) in [6.07, 6.45) is 1.51. The lowest BCUT2D eigenvalue weighted by Crippen LogP contribution is -1.94. The van der Waals surface area contributed by atoms with E-state index in [9.17, 15) is 4.79 Å². The Morgan fingerprint density at radius 1 is 1.42 bits per heavy atom. The Morgan fingerprint density at radius 2 is 2.26 bits per heavy atom. The molecule has 3 rings (SSSR count). The number of hydrogen-bond acceptors (Lipinski definition) is 7. The number of fused-ring (bicyclic) bond motifs is 1. The molecule has 3 aromatic rings. The molecule has 19 heavy (non-hydrogen) atoms. The Balaban J connectivity index is 1.99. The van der Waals surface area contributed by atoms with Crippen molar-refractivity contribution in [1.82, 2.24) is 15.0 Å². The predicted molar refractivity (Wildman–Crippen MR) is 75.3 cm³/mol. The van der Waals surface area contributed by atoms with Crippen molar-refractivity contribution in [3.63, 3.8) is 0 Å². The van der Waals surface area contributed by atoms with Gasteiger partial charge >= 0.3 is 5.97 Å². The van der Waals surface area contributed by atoms with Crippen molar-refractivity contribution in [3.8, 4) is 0 Å². The second kappa shape index (κ2) is 4.87. The number of nitrogens with zero attached hydrogens (tertiary/aromatic N) is 3. The van der Waals surface area contributed by atoms with Gasteiger partial charge in [-0.3, -0.25) is 0 Å². The van der Waals surface area contributed by atoms with Crippen molar-refractivity contribution in [2.24, 2.45) is 0 Å². The summed E-state index contributed by atoms with van der Waals surface area (Å²) in [5, 5.41) is 12.8. The zero-order chi connectivity index (χ0) is 13.4. The first kappa shape index (κ1) is 12.5. The first-order chi connectivity index (χ1) is 9.15. The highest BCUT2D eigenvalue weighted by atomic mass is 32.2. The van der Waals surface area contributed by atoms with Gasteiger partial charge in [-0.05, 0) is 30.1 Å². The van der Waals surface area contributed by atoms with Gasteiger partial charge in [0.15, 0.2) is 4.34 Å². The fraction of sp³-hybridized carbons (Fsp3) is 0.0909. The molecule has 96 valence electrons. The fourth-order valence-electron chi connectivity index (χ4n) is 1.55. The van der Waals surface area contributed by atoms with Gasteiger partial charge < -0.3 is 5.11 Å². The molecular weight excluding hydrogens is 302 g/mol. The van der Waals surface area contributed by atoms with Crippen LogP contribution in [0.2, 0.25) is 0 Å². The molecule has 0 spiro atoms. The van der Waals surface area contributed by atoms with E-state index in [0.717, 1.165) is 15.2 Å². The zero-order valence-electron chi connectivity index (χ0n) is 9.65. The number of aromatic nitrogens is 3. The highest BCUT2D eigenvalue weighted by Crippen LogP contribution is 2.35. The summed E-state index contributed by atoms with van der Waals surface area (Å²) >= 11 is 4.09. The fourth-order valence-corrected chi connectivity index (χ4v) is 4.36. The van der Waals surface area contributed by atoms with Crippen LogP contribution < -0.4 is 0 Å². The largest absolute Gasteiger partial charge is 0.477 e. The van der Waals surface area contributed by atoms with Crippen molar-refractivity contribution in [1.29, 1.82) is 0 Å². The topological polar surface area (TPSA) is 76.0 Å². The molecule has 0 bridgehead atoms. The predicted octanol–water partition coefficient (Wildman–Crippen LogP) is 3.31. The average Bonchev–Trinajstić information content (AvgIpc) is 2.96. The van der Waals surface area contributed by atoms with E-state index in [0.29, 0.717) is 10.0 Å². The lowest BCUT2D eigenvalue weighted by molar-refractivity contribution is 0.0701. The third-order valence-corrected chi connectivity index (χ3v) is 5.43. The van der Waals surface area contributed by atoms with E-state index in [4.69, 9.17) is 5.11 Å². The summed E-state index contributed by atoms with van der Waals surface area (Å²) in [7, 11) is 0. The zero-order valence-corrected chi connectivity index (χ0v) is 12.1. The maximum atomic E-state index is 11.0. The molecule has 0 radical (unpaired) electrons. The number of thiazole rings is 1. The Hall–Kier alpha value is -1.51. The van der Waals surface area contributed by atoms with Gasteiger partial charge in [-0.25, -0.2) is 19.7 Å². The van der Waals surface area contributed by atoms with Crippen LogP contribution in [0.4, 0.5) is 0 Å². The Morgan fingerprint density at radius 3 is 3.00 bits per heavy atom. The summed E-state index contributed by atoms with van der Waals surface area (Å²) in [5.41, 5.74) is 0.538. The summed E-state index contributed by atoms with van der Waals surface area (Å²) in [6.45, 7) is 1.70. The number of aromatic carboxylic acids is 1. The molecule has 1 N–H and O–H groups in total. The molecule has 0 saturated heterocycles. The van der Waals surface area contributed by atoms with Gasteiger partial charge in [0, 0.05) is 5.39 Å². The van der Waals surface area contributed by atoms with Crippen LogP contribution in [0.15, 0.2) is 27.1 Å². The Kier molecular flexibility index (Phi) is 3.21. The van der Waals surface area contributed by atoms with E-state index in [1.54, 1.807) is 18.3 Å². The highest BCUT2D eigenvalue weighted by molar-refractivity contribution is 8.01. The van der Waals surface area contributed by atoms with E-state index >= 15 is 0 Å². The molecule has 0 fully saturated rings. The highest BCUT2D eigenvalue weighted by Gasteiger charge is 2.16. The van der Waals surface area contributed by atoms with Gasteiger partial charge in [-0.2, -0.15) is 0 Å². The summed E-state index contributed by atoms with van der Waals surface area (Å²) in [4.78, 5) is 24.9. The minimum Gasteiger partial charge on any atom is -0.477 e. The Bertz CT molecular complexity index is 765. The van der Waals surface area contributed by atoms with Crippen molar-refractivity contribution < 1.29 is 9.90 Å². The van der Waals surface area contributed by atoms with E-state index in [1.807, 2.05) is 11.4 Å².